The summed E-state index contributed by atoms with van der Waals surface area (Å²) < 4.78 is 1.74. The van der Waals surface area contributed by atoms with E-state index in [0.717, 1.165) is 35.6 Å². The van der Waals surface area contributed by atoms with Crippen molar-refractivity contribution in [1.29, 1.82) is 0 Å². The van der Waals surface area contributed by atoms with E-state index in [1.165, 1.54) is 6.33 Å². The predicted octanol–water partition coefficient (Wildman–Crippen LogP) is 2.69. The molecule has 1 aromatic carbocycles. The molecule has 3 heterocycles. The van der Waals surface area contributed by atoms with Crippen molar-refractivity contribution >= 4 is 17.5 Å². The van der Waals surface area contributed by atoms with Gasteiger partial charge in [-0.3, -0.25) is 9.48 Å². The van der Waals surface area contributed by atoms with Gasteiger partial charge in [-0.05, 0) is 30.7 Å². The summed E-state index contributed by atoms with van der Waals surface area (Å²) in [4.78, 5) is 26.3. The van der Waals surface area contributed by atoms with Gasteiger partial charge in [0, 0.05) is 36.5 Å². The van der Waals surface area contributed by atoms with E-state index in [-0.39, 0.29) is 5.91 Å². The number of nitrogens with zero attached hydrogens (tertiary/aromatic N) is 5. The molecule has 4 rings (SSSR count). The van der Waals surface area contributed by atoms with Crippen molar-refractivity contribution in [1.82, 2.24) is 29.6 Å². The van der Waals surface area contributed by atoms with Crippen molar-refractivity contribution in [3.05, 3.63) is 53.3 Å². The van der Waals surface area contributed by atoms with E-state index in [1.807, 2.05) is 29.2 Å². The first kappa shape index (κ1) is 16.8. The van der Waals surface area contributed by atoms with Gasteiger partial charge >= 0.3 is 0 Å². The second-order valence-electron chi connectivity index (χ2n) is 6.34. The molecule has 0 radical (unpaired) electrons. The largest absolute Gasteiger partial charge is 0.340 e. The maximum Gasteiger partial charge on any atom is 0.222 e. The van der Waals surface area contributed by atoms with Crippen LogP contribution in [0.4, 0.5) is 0 Å². The number of hydrogen-bond acceptors (Lipinski definition) is 4. The number of imidazole rings is 1. The van der Waals surface area contributed by atoms with Gasteiger partial charge in [-0.1, -0.05) is 11.6 Å². The monoisotopic (exact) mass is 370 g/mol. The quantitative estimate of drug-likeness (QED) is 0.748. The van der Waals surface area contributed by atoms with Crippen LogP contribution >= 0.6 is 11.6 Å². The lowest BCUT2D eigenvalue weighted by Crippen LogP contribution is -2.36. The molecule has 0 saturated carbocycles. The maximum absolute atomic E-state index is 12.5. The van der Waals surface area contributed by atoms with Crippen LogP contribution in [0.5, 0.6) is 0 Å². The number of benzene rings is 1. The standard InChI is InChI=1S/C18H19ClN6O/c19-14-5-3-13(4-6-14)18-22-15-7-9-24(10-16(15)23-18)17(26)2-1-8-25-12-20-11-21-25/h3-6,11-12H,1-2,7-10H2,(H,22,23). The number of aromatic amines is 1. The van der Waals surface area contributed by atoms with Crippen molar-refractivity contribution in [2.24, 2.45) is 0 Å². The normalized spacial score (nSPS) is 13.7. The van der Waals surface area contributed by atoms with E-state index in [9.17, 15) is 4.79 Å². The van der Waals surface area contributed by atoms with Crippen LogP contribution < -0.4 is 0 Å². The van der Waals surface area contributed by atoms with Crippen molar-refractivity contribution in [3.63, 3.8) is 0 Å². The molecular weight excluding hydrogens is 352 g/mol. The number of carbonyl (C=O) groups is 1. The second kappa shape index (κ2) is 7.29. The van der Waals surface area contributed by atoms with Gasteiger partial charge in [0.15, 0.2) is 0 Å². The van der Waals surface area contributed by atoms with E-state index in [0.29, 0.717) is 31.1 Å². The summed E-state index contributed by atoms with van der Waals surface area (Å²) in [7, 11) is 0. The minimum Gasteiger partial charge on any atom is -0.340 e. The molecule has 8 heteroatoms. The first-order valence-electron chi connectivity index (χ1n) is 8.63. The molecule has 0 bridgehead atoms. The van der Waals surface area contributed by atoms with Crippen molar-refractivity contribution in [3.8, 4) is 11.4 Å². The zero-order valence-electron chi connectivity index (χ0n) is 14.2. The second-order valence-corrected chi connectivity index (χ2v) is 6.78. The summed E-state index contributed by atoms with van der Waals surface area (Å²) in [6.07, 6.45) is 5.21. The Labute approximate surface area is 156 Å². The van der Waals surface area contributed by atoms with Gasteiger partial charge in [-0.15, -0.1) is 0 Å². The number of carbonyl (C=O) groups excluding carboxylic acids is 1. The molecule has 0 spiro atoms. The molecule has 26 heavy (non-hydrogen) atoms. The van der Waals surface area contributed by atoms with E-state index in [1.54, 1.807) is 11.0 Å². The van der Waals surface area contributed by atoms with Crippen molar-refractivity contribution < 1.29 is 4.79 Å². The van der Waals surface area contributed by atoms with Crippen LogP contribution in [0.2, 0.25) is 5.02 Å². The van der Waals surface area contributed by atoms with Crippen LogP contribution in [0, 0.1) is 0 Å². The zero-order valence-corrected chi connectivity index (χ0v) is 15.0. The van der Waals surface area contributed by atoms with Crippen LogP contribution in [-0.4, -0.2) is 42.1 Å². The third kappa shape index (κ3) is 3.62. The Kier molecular flexibility index (Phi) is 4.71. The third-order valence-corrected chi connectivity index (χ3v) is 4.80. The van der Waals surface area contributed by atoms with Gasteiger partial charge < -0.3 is 9.88 Å². The summed E-state index contributed by atoms with van der Waals surface area (Å²) in [5, 5.41) is 4.75. The van der Waals surface area contributed by atoms with Crippen LogP contribution in [-0.2, 0) is 24.3 Å². The Morgan fingerprint density at radius 1 is 1.27 bits per heavy atom. The van der Waals surface area contributed by atoms with Crippen LogP contribution in [0.1, 0.15) is 24.2 Å². The maximum atomic E-state index is 12.5. The Bertz CT molecular complexity index is 887. The Balaban J connectivity index is 1.38. The SMILES string of the molecule is O=C(CCCn1cncn1)N1CCc2nc(-c3ccc(Cl)cc3)[nH]c2C1. The predicted molar refractivity (Wildman–Crippen MR) is 97.4 cm³/mol. The molecule has 3 aromatic rings. The summed E-state index contributed by atoms with van der Waals surface area (Å²) in [5.41, 5.74) is 3.06. The average molecular weight is 371 g/mol. The Morgan fingerprint density at radius 3 is 2.88 bits per heavy atom. The number of halogens is 1. The molecule has 1 amide bonds. The molecule has 0 atom stereocenters. The smallest absolute Gasteiger partial charge is 0.222 e. The first-order chi connectivity index (χ1) is 12.7. The summed E-state index contributed by atoms with van der Waals surface area (Å²) in [6, 6.07) is 7.59. The Morgan fingerprint density at radius 2 is 2.12 bits per heavy atom. The fourth-order valence-electron chi connectivity index (χ4n) is 3.15. The van der Waals surface area contributed by atoms with Gasteiger partial charge in [-0.25, -0.2) is 9.97 Å². The number of hydrogen-bond donors (Lipinski definition) is 1. The molecule has 0 fully saturated rings. The van der Waals surface area contributed by atoms with E-state index in [4.69, 9.17) is 11.6 Å². The molecule has 0 unspecified atom stereocenters. The third-order valence-electron chi connectivity index (χ3n) is 4.55. The minimum atomic E-state index is 0.165. The first-order valence-corrected chi connectivity index (χ1v) is 9.01. The summed E-state index contributed by atoms with van der Waals surface area (Å²) in [5.74, 6) is 0.991. The molecule has 1 aliphatic rings. The van der Waals surface area contributed by atoms with E-state index in [2.05, 4.69) is 20.1 Å². The van der Waals surface area contributed by atoms with E-state index < -0.39 is 0 Å². The fraction of sp³-hybridized carbons (Fsp3) is 0.333. The topological polar surface area (TPSA) is 79.7 Å². The molecule has 1 N–H and O–H groups in total. The van der Waals surface area contributed by atoms with Gasteiger partial charge in [0.2, 0.25) is 5.91 Å². The van der Waals surface area contributed by atoms with Crippen molar-refractivity contribution in [2.75, 3.05) is 6.54 Å². The molecule has 134 valence electrons. The molecule has 0 saturated heterocycles. The molecule has 2 aromatic heterocycles. The molecule has 7 nitrogen and oxygen atoms in total. The highest BCUT2D eigenvalue weighted by atomic mass is 35.5. The number of fused-ring (bicyclic) bond motifs is 1. The van der Waals surface area contributed by atoms with Gasteiger partial charge in [0.1, 0.15) is 18.5 Å². The lowest BCUT2D eigenvalue weighted by molar-refractivity contribution is -0.132. The number of rotatable bonds is 5. The van der Waals surface area contributed by atoms with Crippen molar-refractivity contribution in [2.45, 2.75) is 32.4 Å². The fourth-order valence-corrected chi connectivity index (χ4v) is 3.28. The minimum absolute atomic E-state index is 0.165. The number of aromatic nitrogens is 5. The van der Waals surface area contributed by atoms with Gasteiger partial charge in [-0.2, -0.15) is 5.10 Å². The van der Waals surface area contributed by atoms with Crippen LogP contribution in [0.3, 0.4) is 0 Å². The molecular formula is C18H19ClN6O. The average Bonchev–Trinajstić information content (AvgIpc) is 3.31. The highest BCUT2D eigenvalue weighted by molar-refractivity contribution is 6.30. The molecule has 1 aliphatic heterocycles. The zero-order chi connectivity index (χ0) is 17.9. The van der Waals surface area contributed by atoms with Gasteiger partial charge in [0.05, 0.1) is 17.9 Å². The Hall–Kier alpha value is -2.67. The number of H-pyrrole nitrogens is 1. The summed E-state index contributed by atoms with van der Waals surface area (Å²) in [6.45, 7) is 1.99. The highest BCUT2D eigenvalue weighted by Crippen LogP contribution is 2.24. The number of nitrogens with one attached hydrogen (secondary N) is 1. The lowest BCUT2D eigenvalue weighted by Gasteiger charge is -2.26. The highest BCUT2D eigenvalue weighted by Gasteiger charge is 2.23. The number of amides is 1. The molecule has 0 aliphatic carbocycles. The van der Waals surface area contributed by atoms with E-state index >= 15 is 0 Å². The van der Waals surface area contributed by atoms with Crippen LogP contribution in [0.15, 0.2) is 36.9 Å². The summed E-state index contributed by atoms with van der Waals surface area (Å²) >= 11 is 5.94. The van der Waals surface area contributed by atoms with Gasteiger partial charge in [0.25, 0.3) is 0 Å². The number of aryl methyl sites for hydroxylation is 1. The lowest BCUT2D eigenvalue weighted by atomic mass is 10.1. The van der Waals surface area contributed by atoms with Crippen LogP contribution in [0.25, 0.3) is 11.4 Å².